The lowest BCUT2D eigenvalue weighted by molar-refractivity contribution is -0.125. The van der Waals surface area contributed by atoms with Crippen LogP contribution in [0.3, 0.4) is 0 Å². The third-order valence-electron chi connectivity index (χ3n) is 3.70. The van der Waals surface area contributed by atoms with Gasteiger partial charge in [0.1, 0.15) is 12.4 Å². The number of halogens is 1. The second-order valence-electron chi connectivity index (χ2n) is 5.25. The van der Waals surface area contributed by atoms with Crippen molar-refractivity contribution < 1.29 is 14.3 Å². The molecule has 3 amide bonds. The number of ether oxygens (including phenoxy) is 1. The summed E-state index contributed by atoms with van der Waals surface area (Å²) in [5.41, 5.74) is -0.195. The molecule has 0 radical (unpaired) electrons. The number of benzene rings is 2. The average Bonchev–Trinajstić information content (AvgIpc) is 2.88. The minimum atomic E-state index is -1.31. The number of urea groups is 1. The van der Waals surface area contributed by atoms with E-state index in [0.29, 0.717) is 16.9 Å². The molecule has 3 rings (SSSR count). The Kier molecular flexibility index (Phi) is 4.23. The van der Waals surface area contributed by atoms with Crippen LogP contribution in [0.1, 0.15) is 11.1 Å². The number of nitriles is 1. The number of imide groups is 1. The van der Waals surface area contributed by atoms with Crippen LogP contribution in [-0.2, 0) is 10.3 Å². The van der Waals surface area contributed by atoms with Crippen LogP contribution in [0.15, 0.2) is 53.0 Å². The smallest absolute Gasteiger partial charge is 0.322 e. The molecule has 2 aromatic rings. The molecule has 0 aliphatic carbocycles. The number of carbonyl (C=O) groups excluding carboxylic acids is 2. The summed E-state index contributed by atoms with van der Waals surface area (Å²) in [4.78, 5) is 24.1. The lowest BCUT2D eigenvalue weighted by Crippen LogP contribution is -2.48. The van der Waals surface area contributed by atoms with Gasteiger partial charge in [0.15, 0.2) is 5.54 Å². The third kappa shape index (κ3) is 2.96. The van der Waals surface area contributed by atoms with Crippen molar-refractivity contribution in [2.24, 2.45) is 0 Å². The molecule has 120 valence electrons. The van der Waals surface area contributed by atoms with Crippen molar-refractivity contribution in [3.05, 3.63) is 64.1 Å². The van der Waals surface area contributed by atoms with Gasteiger partial charge < -0.3 is 10.1 Å². The molecule has 24 heavy (non-hydrogen) atoms. The molecule has 1 atom stereocenters. The maximum Gasteiger partial charge on any atom is 0.322 e. The number of carbonyl (C=O) groups is 2. The van der Waals surface area contributed by atoms with Gasteiger partial charge >= 0.3 is 6.03 Å². The van der Waals surface area contributed by atoms with Gasteiger partial charge in [0.25, 0.3) is 5.91 Å². The van der Waals surface area contributed by atoms with E-state index in [4.69, 9.17) is 10.00 Å². The standard InChI is InChI=1S/C17H12BrN3O3/c18-13-3-1-2-12(8-13)17(15(22)20-16(23)21-17)10-24-14-6-4-11(9-19)5-7-14/h1-8H,10H2,(H2,20,21,22,23). The Morgan fingerprint density at radius 3 is 2.50 bits per heavy atom. The Hall–Kier alpha value is -2.85. The first-order valence-electron chi connectivity index (χ1n) is 7.06. The Bertz CT molecular complexity index is 845. The van der Waals surface area contributed by atoms with E-state index < -0.39 is 17.5 Å². The van der Waals surface area contributed by atoms with Crippen LogP contribution >= 0.6 is 15.9 Å². The van der Waals surface area contributed by atoms with Crippen LogP contribution < -0.4 is 15.4 Å². The molecule has 0 aromatic heterocycles. The normalized spacial score (nSPS) is 19.3. The predicted octanol–water partition coefficient (Wildman–Crippen LogP) is 2.43. The van der Waals surface area contributed by atoms with Gasteiger partial charge in [0, 0.05) is 4.47 Å². The van der Waals surface area contributed by atoms with Gasteiger partial charge in [-0.1, -0.05) is 28.1 Å². The molecule has 1 unspecified atom stereocenters. The summed E-state index contributed by atoms with van der Waals surface area (Å²) in [5, 5.41) is 13.7. The SMILES string of the molecule is N#Cc1ccc(OCC2(c3cccc(Br)c3)NC(=O)NC2=O)cc1. The molecule has 0 saturated carbocycles. The summed E-state index contributed by atoms with van der Waals surface area (Å²) in [7, 11) is 0. The van der Waals surface area contributed by atoms with E-state index in [9.17, 15) is 9.59 Å². The number of hydrogen-bond acceptors (Lipinski definition) is 4. The van der Waals surface area contributed by atoms with Crippen LogP contribution in [0.5, 0.6) is 5.75 Å². The Balaban J connectivity index is 1.90. The fraction of sp³-hybridized carbons (Fsp3) is 0.118. The van der Waals surface area contributed by atoms with Gasteiger partial charge in [-0.25, -0.2) is 4.79 Å². The first-order chi connectivity index (χ1) is 11.5. The van der Waals surface area contributed by atoms with Gasteiger partial charge in [-0.05, 0) is 42.0 Å². The zero-order valence-electron chi connectivity index (χ0n) is 12.4. The molecular weight excluding hydrogens is 374 g/mol. The zero-order chi connectivity index (χ0) is 17.2. The molecule has 1 fully saturated rings. The number of amides is 3. The Morgan fingerprint density at radius 2 is 1.92 bits per heavy atom. The second-order valence-corrected chi connectivity index (χ2v) is 6.16. The van der Waals surface area contributed by atoms with Crippen molar-refractivity contribution in [2.75, 3.05) is 6.61 Å². The highest BCUT2D eigenvalue weighted by Gasteiger charge is 2.48. The molecule has 1 saturated heterocycles. The highest BCUT2D eigenvalue weighted by Crippen LogP contribution is 2.28. The zero-order valence-corrected chi connectivity index (χ0v) is 14.0. The molecular formula is C17H12BrN3O3. The summed E-state index contributed by atoms with van der Waals surface area (Å²) in [6.07, 6.45) is 0. The van der Waals surface area contributed by atoms with E-state index >= 15 is 0 Å². The lowest BCUT2D eigenvalue weighted by Gasteiger charge is -2.26. The number of nitrogens with one attached hydrogen (secondary N) is 2. The van der Waals surface area contributed by atoms with Crippen LogP contribution in [0, 0.1) is 11.3 Å². The summed E-state index contributed by atoms with van der Waals surface area (Å²) in [5.74, 6) is 0.0246. The van der Waals surface area contributed by atoms with Gasteiger partial charge in [0.2, 0.25) is 0 Å². The minimum Gasteiger partial charge on any atom is -0.490 e. The van der Waals surface area contributed by atoms with E-state index in [1.807, 2.05) is 12.1 Å². The van der Waals surface area contributed by atoms with E-state index in [-0.39, 0.29) is 6.61 Å². The fourth-order valence-electron chi connectivity index (χ4n) is 2.45. The van der Waals surface area contributed by atoms with Crippen molar-refractivity contribution in [1.29, 1.82) is 5.26 Å². The Morgan fingerprint density at radius 1 is 1.17 bits per heavy atom. The molecule has 2 N–H and O–H groups in total. The molecule has 1 heterocycles. The van der Waals surface area contributed by atoms with Crippen molar-refractivity contribution in [3.63, 3.8) is 0 Å². The molecule has 0 spiro atoms. The van der Waals surface area contributed by atoms with E-state index in [0.717, 1.165) is 4.47 Å². The summed E-state index contributed by atoms with van der Waals surface area (Å²) in [6, 6.07) is 15.1. The quantitative estimate of drug-likeness (QED) is 0.790. The highest BCUT2D eigenvalue weighted by molar-refractivity contribution is 9.10. The first kappa shape index (κ1) is 16.0. The van der Waals surface area contributed by atoms with Crippen molar-refractivity contribution in [1.82, 2.24) is 10.6 Å². The topological polar surface area (TPSA) is 91.2 Å². The fourth-order valence-corrected chi connectivity index (χ4v) is 2.85. The monoisotopic (exact) mass is 385 g/mol. The molecule has 1 aliphatic rings. The van der Waals surface area contributed by atoms with Gasteiger partial charge in [-0.3, -0.25) is 10.1 Å². The number of hydrogen-bond donors (Lipinski definition) is 2. The highest BCUT2D eigenvalue weighted by atomic mass is 79.9. The second kappa shape index (κ2) is 6.34. The van der Waals surface area contributed by atoms with E-state index in [1.54, 1.807) is 42.5 Å². The van der Waals surface area contributed by atoms with Crippen molar-refractivity contribution in [2.45, 2.75) is 5.54 Å². The summed E-state index contributed by atoms with van der Waals surface area (Å²) >= 11 is 3.36. The van der Waals surface area contributed by atoms with E-state index in [1.165, 1.54) is 0 Å². The largest absolute Gasteiger partial charge is 0.490 e. The average molecular weight is 386 g/mol. The van der Waals surface area contributed by atoms with Crippen LogP contribution in [0.4, 0.5) is 4.79 Å². The molecule has 7 heteroatoms. The van der Waals surface area contributed by atoms with Gasteiger partial charge in [-0.2, -0.15) is 5.26 Å². The lowest BCUT2D eigenvalue weighted by atomic mass is 9.91. The van der Waals surface area contributed by atoms with Crippen LogP contribution in [-0.4, -0.2) is 18.5 Å². The summed E-state index contributed by atoms with van der Waals surface area (Å²) < 4.78 is 6.49. The minimum absolute atomic E-state index is 0.0765. The van der Waals surface area contributed by atoms with Gasteiger partial charge in [-0.15, -0.1) is 0 Å². The van der Waals surface area contributed by atoms with Crippen LogP contribution in [0.2, 0.25) is 0 Å². The molecule has 6 nitrogen and oxygen atoms in total. The molecule has 0 bridgehead atoms. The van der Waals surface area contributed by atoms with Gasteiger partial charge in [0.05, 0.1) is 11.6 Å². The molecule has 1 aliphatic heterocycles. The Labute approximate surface area is 146 Å². The summed E-state index contributed by atoms with van der Waals surface area (Å²) in [6.45, 7) is -0.0765. The molecule has 2 aromatic carbocycles. The number of nitrogens with zero attached hydrogens (tertiary/aromatic N) is 1. The predicted molar refractivity (Wildman–Crippen MR) is 89.1 cm³/mol. The number of rotatable bonds is 4. The maximum atomic E-state index is 12.4. The maximum absolute atomic E-state index is 12.4. The first-order valence-corrected chi connectivity index (χ1v) is 7.85. The van der Waals surface area contributed by atoms with E-state index in [2.05, 4.69) is 26.6 Å². The van der Waals surface area contributed by atoms with Crippen molar-refractivity contribution >= 4 is 27.9 Å². The third-order valence-corrected chi connectivity index (χ3v) is 4.19. The van der Waals surface area contributed by atoms with Crippen molar-refractivity contribution in [3.8, 4) is 11.8 Å². The van der Waals surface area contributed by atoms with Crippen LogP contribution in [0.25, 0.3) is 0 Å².